The van der Waals surface area contributed by atoms with E-state index in [9.17, 15) is 17.6 Å². The number of hydrogen-bond acceptors (Lipinski definition) is 3. The number of piperidine rings is 1. The van der Waals surface area contributed by atoms with Gasteiger partial charge in [0, 0.05) is 18.8 Å². The number of carbonyl (C=O) groups is 1. The Morgan fingerprint density at radius 2 is 1.79 bits per heavy atom. The molecule has 1 amide bonds. The van der Waals surface area contributed by atoms with Crippen LogP contribution in [0.3, 0.4) is 0 Å². The topological polar surface area (TPSA) is 66.5 Å². The zero-order valence-corrected chi connectivity index (χ0v) is 16.9. The van der Waals surface area contributed by atoms with Crippen LogP contribution >= 0.6 is 0 Å². The van der Waals surface area contributed by atoms with Gasteiger partial charge in [-0.3, -0.25) is 4.79 Å². The minimum absolute atomic E-state index is 0.160. The predicted molar refractivity (Wildman–Crippen MR) is 108 cm³/mol. The van der Waals surface area contributed by atoms with E-state index in [0.29, 0.717) is 24.9 Å². The van der Waals surface area contributed by atoms with Crippen molar-refractivity contribution in [3.05, 3.63) is 65.0 Å². The summed E-state index contributed by atoms with van der Waals surface area (Å²) in [5, 5.41) is 2.92. The first-order chi connectivity index (χ1) is 13.2. The fourth-order valence-electron chi connectivity index (χ4n) is 3.58. The van der Waals surface area contributed by atoms with Gasteiger partial charge in [0.2, 0.25) is 15.9 Å². The molecule has 5 nitrogen and oxygen atoms in total. The van der Waals surface area contributed by atoms with Gasteiger partial charge in [0.25, 0.3) is 0 Å². The summed E-state index contributed by atoms with van der Waals surface area (Å²) in [5.41, 5.74) is 3.38. The molecule has 28 heavy (non-hydrogen) atoms. The Morgan fingerprint density at radius 1 is 1.14 bits per heavy atom. The second-order valence-corrected chi connectivity index (χ2v) is 9.41. The van der Waals surface area contributed by atoms with E-state index in [4.69, 9.17) is 0 Å². The molecule has 0 spiro atoms. The summed E-state index contributed by atoms with van der Waals surface area (Å²) in [4.78, 5) is 12.7. The first-order valence-electron chi connectivity index (χ1n) is 9.34. The maximum Gasteiger partial charge on any atom is 0.228 e. The number of benzene rings is 2. The monoisotopic (exact) mass is 404 g/mol. The average Bonchev–Trinajstić information content (AvgIpc) is 2.63. The summed E-state index contributed by atoms with van der Waals surface area (Å²) in [5.74, 6) is -1.15. The van der Waals surface area contributed by atoms with Gasteiger partial charge in [0.05, 0.1) is 11.7 Å². The smallest absolute Gasteiger partial charge is 0.228 e. The van der Waals surface area contributed by atoms with Crippen LogP contribution in [0.15, 0.2) is 42.5 Å². The highest BCUT2D eigenvalue weighted by molar-refractivity contribution is 7.88. The van der Waals surface area contributed by atoms with Crippen molar-refractivity contribution in [3.63, 3.8) is 0 Å². The zero-order valence-electron chi connectivity index (χ0n) is 16.1. The number of hydrogen-bond donors (Lipinski definition) is 1. The van der Waals surface area contributed by atoms with Crippen molar-refractivity contribution in [2.45, 2.75) is 32.4 Å². The molecule has 0 saturated carbocycles. The Kier molecular flexibility index (Phi) is 6.15. The lowest BCUT2D eigenvalue weighted by Crippen LogP contribution is -2.44. The second-order valence-electron chi connectivity index (χ2n) is 7.45. The van der Waals surface area contributed by atoms with Crippen LogP contribution in [0, 0.1) is 25.6 Å². The van der Waals surface area contributed by atoms with Crippen molar-refractivity contribution in [2.24, 2.45) is 5.92 Å². The van der Waals surface area contributed by atoms with E-state index in [0.717, 1.165) is 16.8 Å². The third-order valence-corrected chi connectivity index (χ3v) is 6.72. The molecule has 1 fully saturated rings. The van der Waals surface area contributed by atoms with E-state index in [1.807, 2.05) is 32.0 Å². The van der Waals surface area contributed by atoms with E-state index in [1.165, 1.54) is 28.6 Å². The SMILES string of the molecule is Cc1cc(C)cc(NC(=O)[C@@H]2CCCN(S(=O)(=O)Cc3ccc(F)cc3)C2)c1. The van der Waals surface area contributed by atoms with Crippen LogP contribution in [0.25, 0.3) is 0 Å². The molecule has 0 bridgehead atoms. The van der Waals surface area contributed by atoms with Crippen LogP contribution in [0.2, 0.25) is 0 Å². The maximum absolute atomic E-state index is 13.0. The molecule has 1 aliphatic heterocycles. The Bertz CT molecular complexity index is 938. The number of aryl methyl sites for hydroxylation is 2. The minimum atomic E-state index is -3.57. The van der Waals surface area contributed by atoms with Gasteiger partial charge >= 0.3 is 0 Å². The van der Waals surface area contributed by atoms with Gasteiger partial charge in [0.15, 0.2) is 0 Å². The largest absolute Gasteiger partial charge is 0.326 e. The Balaban J connectivity index is 1.67. The second kappa shape index (κ2) is 8.41. The van der Waals surface area contributed by atoms with Crippen molar-refractivity contribution in [1.29, 1.82) is 0 Å². The van der Waals surface area contributed by atoms with Gasteiger partial charge in [-0.1, -0.05) is 18.2 Å². The van der Waals surface area contributed by atoms with Gasteiger partial charge in [-0.15, -0.1) is 0 Å². The molecule has 1 N–H and O–H groups in total. The van der Waals surface area contributed by atoms with E-state index < -0.39 is 21.8 Å². The van der Waals surface area contributed by atoms with Crippen molar-refractivity contribution in [3.8, 4) is 0 Å². The van der Waals surface area contributed by atoms with Gasteiger partial charge in [0.1, 0.15) is 5.82 Å². The van der Waals surface area contributed by atoms with E-state index in [1.54, 1.807) is 0 Å². The van der Waals surface area contributed by atoms with Crippen molar-refractivity contribution in [1.82, 2.24) is 4.31 Å². The summed E-state index contributed by atoms with van der Waals surface area (Å²) in [7, 11) is -3.57. The molecule has 2 aromatic carbocycles. The van der Waals surface area contributed by atoms with Gasteiger partial charge in [-0.2, -0.15) is 0 Å². The highest BCUT2D eigenvalue weighted by Crippen LogP contribution is 2.23. The lowest BCUT2D eigenvalue weighted by Gasteiger charge is -2.31. The molecular formula is C21H25FN2O3S. The van der Waals surface area contributed by atoms with Gasteiger partial charge in [-0.25, -0.2) is 17.1 Å². The van der Waals surface area contributed by atoms with E-state index in [-0.39, 0.29) is 18.2 Å². The number of halogens is 1. The number of carbonyl (C=O) groups excluding carboxylic acids is 1. The first kappa shape index (κ1) is 20.5. The molecule has 0 aliphatic carbocycles. The van der Waals surface area contributed by atoms with Gasteiger partial charge in [-0.05, 0) is 67.6 Å². The van der Waals surface area contributed by atoms with E-state index >= 15 is 0 Å². The van der Waals surface area contributed by atoms with Crippen LogP contribution < -0.4 is 5.32 Å². The number of nitrogens with one attached hydrogen (secondary N) is 1. The van der Waals surface area contributed by atoms with Gasteiger partial charge < -0.3 is 5.32 Å². The highest BCUT2D eigenvalue weighted by atomic mass is 32.2. The minimum Gasteiger partial charge on any atom is -0.326 e. The summed E-state index contributed by atoms with van der Waals surface area (Å²) in [6.07, 6.45) is 1.28. The molecule has 1 saturated heterocycles. The number of anilines is 1. The summed E-state index contributed by atoms with van der Waals surface area (Å²) >= 11 is 0. The molecular weight excluding hydrogens is 379 g/mol. The van der Waals surface area contributed by atoms with E-state index in [2.05, 4.69) is 5.32 Å². The molecule has 3 rings (SSSR count). The van der Waals surface area contributed by atoms with Crippen molar-refractivity contribution >= 4 is 21.6 Å². The molecule has 0 aromatic heterocycles. The molecule has 1 heterocycles. The normalized spacial score (nSPS) is 18.0. The molecule has 0 unspecified atom stereocenters. The molecule has 0 radical (unpaired) electrons. The summed E-state index contributed by atoms with van der Waals surface area (Å²) in [6.45, 7) is 4.50. The standard InChI is InChI=1S/C21H25FN2O3S/c1-15-10-16(2)12-20(11-15)23-21(25)18-4-3-9-24(13-18)28(26,27)14-17-5-7-19(22)8-6-17/h5-8,10-12,18H,3-4,9,13-14H2,1-2H3,(H,23,25)/t18-/m1/s1. The van der Waals surface area contributed by atoms with Crippen LogP contribution in [0.1, 0.15) is 29.5 Å². The fraction of sp³-hybridized carbons (Fsp3) is 0.381. The number of nitrogens with zero attached hydrogens (tertiary/aromatic N) is 1. The third-order valence-electron chi connectivity index (χ3n) is 4.90. The Labute approximate surface area is 165 Å². The quantitative estimate of drug-likeness (QED) is 0.828. The molecule has 7 heteroatoms. The first-order valence-corrected chi connectivity index (χ1v) is 11.0. The average molecular weight is 405 g/mol. The predicted octanol–water partition coefficient (Wildman–Crippen LogP) is 3.62. The molecule has 1 atom stereocenters. The van der Waals surface area contributed by atoms with Crippen molar-refractivity contribution < 1.29 is 17.6 Å². The highest BCUT2D eigenvalue weighted by Gasteiger charge is 2.32. The Morgan fingerprint density at radius 3 is 2.43 bits per heavy atom. The van der Waals surface area contributed by atoms with Crippen molar-refractivity contribution in [2.75, 3.05) is 18.4 Å². The lowest BCUT2D eigenvalue weighted by molar-refractivity contribution is -0.120. The summed E-state index contributed by atoms with van der Waals surface area (Å²) in [6, 6.07) is 11.3. The van der Waals surface area contributed by atoms with Crippen LogP contribution in [0.4, 0.5) is 10.1 Å². The maximum atomic E-state index is 13.0. The summed E-state index contributed by atoms with van der Waals surface area (Å²) < 4.78 is 39.9. The number of sulfonamides is 1. The lowest BCUT2D eigenvalue weighted by atomic mass is 9.98. The Hall–Kier alpha value is -2.25. The molecule has 2 aromatic rings. The fourth-order valence-corrected chi connectivity index (χ4v) is 5.19. The number of amides is 1. The van der Waals surface area contributed by atoms with Crippen LogP contribution in [-0.2, 0) is 20.6 Å². The van der Waals surface area contributed by atoms with Crippen LogP contribution in [0.5, 0.6) is 0 Å². The zero-order chi connectivity index (χ0) is 20.3. The molecule has 150 valence electrons. The van der Waals surface area contributed by atoms with Crippen LogP contribution in [-0.4, -0.2) is 31.7 Å². The third kappa shape index (κ3) is 5.17. The number of rotatable bonds is 5. The molecule has 1 aliphatic rings.